The average molecular weight is 240 g/mol. The SMILES string of the molecule is C=CCN(CCC)C(=O)c1cnc(Cl)cn1. The maximum Gasteiger partial charge on any atom is 0.274 e. The molecular weight excluding hydrogens is 226 g/mol. The minimum absolute atomic E-state index is 0.147. The van der Waals surface area contributed by atoms with E-state index in [0.717, 1.165) is 6.42 Å². The van der Waals surface area contributed by atoms with Crippen LogP contribution in [0.15, 0.2) is 25.0 Å². The summed E-state index contributed by atoms with van der Waals surface area (Å²) in [4.78, 5) is 21.4. The molecule has 16 heavy (non-hydrogen) atoms. The van der Waals surface area contributed by atoms with E-state index in [0.29, 0.717) is 18.8 Å². The summed E-state index contributed by atoms with van der Waals surface area (Å²) in [5, 5.41) is 0.280. The number of amides is 1. The fourth-order valence-electron chi connectivity index (χ4n) is 1.29. The Hall–Kier alpha value is -1.42. The summed E-state index contributed by atoms with van der Waals surface area (Å²) < 4.78 is 0. The molecule has 0 bridgehead atoms. The van der Waals surface area contributed by atoms with Crippen molar-refractivity contribution < 1.29 is 4.79 Å². The molecule has 0 aliphatic carbocycles. The van der Waals surface area contributed by atoms with Crippen molar-refractivity contribution >= 4 is 17.5 Å². The Kier molecular flexibility index (Phi) is 4.92. The minimum Gasteiger partial charge on any atom is -0.334 e. The Morgan fingerprint density at radius 1 is 1.56 bits per heavy atom. The molecule has 0 N–H and O–H groups in total. The number of aromatic nitrogens is 2. The third kappa shape index (κ3) is 3.31. The Labute approximate surface area is 100.0 Å². The van der Waals surface area contributed by atoms with Gasteiger partial charge in [-0.15, -0.1) is 6.58 Å². The zero-order valence-electron chi connectivity index (χ0n) is 9.19. The lowest BCUT2D eigenvalue weighted by molar-refractivity contribution is 0.0767. The van der Waals surface area contributed by atoms with E-state index in [1.165, 1.54) is 12.4 Å². The van der Waals surface area contributed by atoms with Crippen LogP contribution in [0.5, 0.6) is 0 Å². The van der Waals surface area contributed by atoms with Crippen molar-refractivity contribution in [1.82, 2.24) is 14.9 Å². The molecule has 86 valence electrons. The van der Waals surface area contributed by atoms with Crippen LogP contribution in [0.3, 0.4) is 0 Å². The van der Waals surface area contributed by atoms with Crippen LogP contribution in [0.25, 0.3) is 0 Å². The quantitative estimate of drug-likeness (QED) is 0.740. The summed E-state index contributed by atoms with van der Waals surface area (Å²) in [5.41, 5.74) is 0.305. The van der Waals surface area contributed by atoms with Gasteiger partial charge in [0.15, 0.2) is 0 Å². The van der Waals surface area contributed by atoms with Gasteiger partial charge in [0.1, 0.15) is 10.8 Å². The summed E-state index contributed by atoms with van der Waals surface area (Å²) >= 11 is 5.60. The predicted molar refractivity (Wildman–Crippen MR) is 63.4 cm³/mol. The first-order valence-corrected chi connectivity index (χ1v) is 5.44. The second-order valence-corrected chi connectivity index (χ2v) is 3.65. The molecule has 0 radical (unpaired) electrons. The van der Waals surface area contributed by atoms with Crippen molar-refractivity contribution in [2.75, 3.05) is 13.1 Å². The van der Waals surface area contributed by atoms with Crippen LogP contribution in [-0.4, -0.2) is 33.9 Å². The summed E-state index contributed by atoms with van der Waals surface area (Å²) in [6.45, 7) is 6.82. The highest BCUT2D eigenvalue weighted by atomic mass is 35.5. The smallest absolute Gasteiger partial charge is 0.274 e. The number of carbonyl (C=O) groups excluding carboxylic acids is 1. The van der Waals surface area contributed by atoms with Gasteiger partial charge in [0.25, 0.3) is 5.91 Å². The first-order chi connectivity index (χ1) is 7.69. The van der Waals surface area contributed by atoms with Gasteiger partial charge in [0, 0.05) is 13.1 Å². The molecule has 4 nitrogen and oxygen atoms in total. The van der Waals surface area contributed by atoms with Crippen LogP contribution in [-0.2, 0) is 0 Å². The molecule has 0 saturated heterocycles. The molecule has 0 aliphatic rings. The topological polar surface area (TPSA) is 46.1 Å². The van der Waals surface area contributed by atoms with Gasteiger partial charge in [0.05, 0.1) is 12.4 Å². The van der Waals surface area contributed by atoms with Gasteiger partial charge in [-0.2, -0.15) is 0 Å². The summed E-state index contributed by atoms with van der Waals surface area (Å²) in [5.74, 6) is -0.147. The normalized spacial score (nSPS) is 9.88. The Balaban J connectivity index is 2.80. The number of rotatable bonds is 5. The highest BCUT2D eigenvalue weighted by Gasteiger charge is 2.15. The molecule has 0 atom stereocenters. The zero-order valence-corrected chi connectivity index (χ0v) is 9.94. The maximum atomic E-state index is 12.0. The Morgan fingerprint density at radius 2 is 2.31 bits per heavy atom. The highest BCUT2D eigenvalue weighted by molar-refractivity contribution is 6.29. The van der Waals surface area contributed by atoms with E-state index in [4.69, 9.17) is 11.6 Å². The fourth-order valence-corrected chi connectivity index (χ4v) is 1.38. The van der Waals surface area contributed by atoms with Crippen LogP contribution in [0.2, 0.25) is 5.15 Å². The van der Waals surface area contributed by atoms with Gasteiger partial charge in [-0.25, -0.2) is 9.97 Å². The van der Waals surface area contributed by atoms with Crippen LogP contribution < -0.4 is 0 Å². The van der Waals surface area contributed by atoms with Crippen molar-refractivity contribution in [2.24, 2.45) is 0 Å². The van der Waals surface area contributed by atoms with Crippen molar-refractivity contribution in [2.45, 2.75) is 13.3 Å². The monoisotopic (exact) mass is 239 g/mol. The van der Waals surface area contributed by atoms with E-state index in [-0.39, 0.29) is 11.1 Å². The second-order valence-electron chi connectivity index (χ2n) is 3.26. The van der Waals surface area contributed by atoms with Crippen LogP contribution in [0, 0.1) is 0 Å². The molecule has 0 spiro atoms. The number of hydrogen-bond donors (Lipinski definition) is 0. The van der Waals surface area contributed by atoms with Gasteiger partial charge >= 0.3 is 0 Å². The number of halogens is 1. The number of nitrogens with zero attached hydrogens (tertiary/aromatic N) is 3. The molecule has 1 aromatic heterocycles. The number of carbonyl (C=O) groups is 1. The molecule has 0 aliphatic heterocycles. The Morgan fingerprint density at radius 3 is 2.81 bits per heavy atom. The first kappa shape index (κ1) is 12.6. The molecule has 0 aromatic carbocycles. The summed E-state index contributed by atoms with van der Waals surface area (Å²) in [6, 6.07) is 0. The first-order valence-electron chi connectivity index (χ1n) is 5.06. The lowest BCUT2D eigenvalue weighted by atomic mass is 10.3. The molecule has 0 fully saturated rings. The van der Waals surface area contributed by atoms with Crippen molar-refractivity contribution in [3.63, 3.8) is 0 Å². The fraction of sp³-hybridized carbons (Fsp3) is 0.364. The van der Waals surface area contributed by atoms with Gasteiger partial charge < -0.3 is 4.90 Å². The second kappa shape index (κ2) is 6.23. The molecule has 1 rings (SSSR count). The Bertz CT molecular complexity index is 364. The van der Waals surface area contributed by atoms with Gasteiger partial charge in [-0.05, 0) is 6.42 Å². The average Bonchev–Trinajstić information content (AvgIpc) is 2.29. The zero-order chi connectivity index (χ0) is 12.0. The lowest BCUT2D eigenvalue weighted by Crippen LogP contribution is -2.32. The van der Waals surface area contributed by atoms with E-state index >= 15 is 0 Å². The van der Waals surface area contributed by atoms with E-state index in [1.54, 1.807) is 11.0 Å². The minimum atomic E-state index is -0.147. The van der Waals surface area contributed by atoms with Crippen molar-refractivity contribution in [3.8, 4) is 0 Å². The maximum absolute atomic E-state index is 12.0. The van der Waals surface area contributed by atoms with Crippen LogP contribution >= 0.6 is 11.6 Å². The van der Waals surface area contributed by atoms with Gasteiger partial charge in [0.2, 0.25) is 0 Å². The summed E-state index contributed by atoms with van der Waals surface area (Å²) in [7, 11) is 0. The predicted octanol–water partition coefficient (Wildman–Crippen LogP) is 2.17. The van der Waals surface area contributed by atoms with E-state index in [9.17, 15) is 4.79 Å². The molecule has 5 heteroatoms. The molecule has 1 aromatic rings. The standard InChI is InChI=1S/C11H14ClN3O/c1-3-5-15(6-4-2)11(16)9-7-14-10(12)8-13-9/h3,7-8H,1,4-6H2,2H3. The number of hydrogen-bond acceptors (Lipinski definition) is 3. The summed E-state index contributed by atoms with van der Waals surface area (Å²) in [6.07, 6.45) is 5.33. The third-order valence-electron chi connectivity index (χ3n) is 1.97. The highest BCUT2D eigenvalue weighted by Crippen LogP contribution is 2.05. The molecule has 1 heterocycles. The van der Waals surface area contributed by atoms with E-state index in [1.807, 2.05) is 6.92 Å². The lowest BCUT2D eigenvalue weighted by Gasteiger charge is -2.19. The van der Waals surface area contributed by atoms with Gasteiger partial charge in [-0.1, -0.05) is 24.6 Å². The van der Waals surface area contributed by atoms with E-state index < -0.39 is 0 Å². The van der Waals surface area contributed by atoms with Crippen molar-refractivity contribution in [3.05, 3.63) is 35.9 Å². The largest absolute Gasteiger partial charge is 0.334 e. The molecule has 1 amide bonds. The molecule has 0 saturated carbocycles. The molecule has 0 unspecified atom stereocenters. The van der Waals surface area contributed by atoms with Crippen LogP contribution in [0.1, 0.15) is 23.8 Å². The van der Waals surface area contributed by atoms with E-state index in [2.05, 4.69) is 16.5 Å². The molecular formula is C11H14ClN3O. The van der Waals surface area contributed by atoms with Gasteiger partial charge in [-0.3, -0.25) is 4.79 Å². The van der Waals surface area contributed by atoms with Crippen molar-refractivity contribution in [1.29, 1.82) is 0 Å². The third-order valence-corrected chi connectivity index (χ3v) is 2.16. The van der Waals surface area contributed by atoms with Crippen LogP contribution in [0.4, 0.5) is 0 Å².